The molecule has 0 radical (unpaired) electrons. The fourth-order valence-electron chi connectivity index (χ4n) is 2.05. The maximum Gasteiger partial charge on any atom is 0.161 e. The largest absolute Gasteiger partial charge is 0.490 e. The number of ether oxygens (including phenoxy) is 2. The highest BCUT2D eigenvalue weighted by Crippen LogP contribution is 2.30. The Kier molecular flexibility index (Phi) is 5.09. The first-order valence-corrected chi connectivity index (χ1v) is 7.21. The number of hydrogen-bond donors (Lipinski definition) is 1. The second-order valence-electron chi connectivity index (χ2n) is 4.69. The van der Waals surface area contributed by atoms with E-state index in [1.165, 1.54) is 0 Å². The second kappa shape index (κ2) is 6.83. The van der Waals surface area contributed by atoms with Gasteiger partial charge >= 0.3 is 0 Å². The molecule has 21 heavy (non-hydrogen) atoms. The summed E-state index contributed by atoms with van der Waals surface area (Å²) in [5, 5.41) is 4.85. The van der Waals surface area contributed by atoms with Crippen LogP contribution in [0.4, 0.5) is 0 Å². The molecule has 0 unspecified atom stereocenters. The van der Waals surface area contributed by atoms with E-state index < -0.39 is 0 Å². The third-order valence-electron chi connectivity index (χ3n) is 3.19. The van der Waals surface area contributed by atoms with E-state index in [2.05, 4.69) is 5.10 Å². The lowest BCUT2D eigenvalue weighted by atomic mass is 10.2. The molecule has 0 aliphatic carbocycles. The minimum Gasteiger partial charge on any atom is -0.490 e. The molecule has 0 spiro atoms. The third kappa shape index (κ3) is 3.49. The van der Waals surface area contributed by atoms with E-state index in [0.717, 1.165) is 16.8 Å². The van der Waals surface area contributed by atoms with Gasteiger partial charge in [0.2, 0.25) is 0 Å². The highest BCUT2D eigenvalue weighted by molar-refractivity contribution is 6.30. The summed E-state index contributed by atoms with van der Waals surface area (Å²) in [7, 11) is 1.81. The summed E-state index contributed by atoms with van der Waals surface area (Å²) < 4.78 is 13.1. The average molecular weight is 310 g/mol. The van der Waals surface area contributed by atoms with Crippen LogP contribution in [0, 0.1) is 6.92 Å². The van der Waals surface area contributed by atoms with Crippen LogP contribution in [0.25, 0.3) is 0 Å². The van der Waals surface area contributed by atoms with E-state index in [0.29, 0.717) is 36.4 Å². The first-order chi connectivity index (χ1) is 10.1. The van der Waals surface area contributed by atoms with Gasteiger partial charge in [-0.1, -0.05) is 17.7 Å². The third-order valence-corrected chi connectivity index (χ3v) is 3.66. The summed E-state index contributed by atoms with van der Waals surface area (Å²) >= 11 is 6.20. The smallest absolute Gasteiger partial charge is 0.161 e. The van der Waals surface area contributed by atoms with Gasteiger partial charge in [0, 0.05) is 19.2 Å². The number of nitrogens with zero attached hydrogens (tertiary/aromatic N) is 2. The number of halogens is 1. The van der Waals surface area contributed by atoms with E-state index in [1.54, 1.807) is 11.7 Å². The molecule has 1 heterocycles. The van der Waals surface area contributed by atoms with Gasteiger partial charge in [0.05, 0.1) is 12.3 Å². The number of aryl methyl sites for hydroxylation is 2. The van der Waals surface area contributed by atoms with Crippen LogP contribution < -0.4 is 15.2 Å². The molecule has 0 amide bonds. The molecule has 0 aliphatic rings. The Labute approximate surface area is 129 Å². The maximum absolute atomic E-state index is 6.20. The van der Waals surface area contributed by atoms with Crippen molar-refractivity contribution in [3.05, 3.63) is 40.2 Å². The molecule has 1 aromatic carbocycles. The predicted molar refractivity (Wildman–Crippen MR) is 82.8 cm³/mol. The Morgan fingerprint density at radius 2 is 2.05 bits per heavy atom. The van der Waals surface area contributed by atoms with Gasteiger partial charge in [-0.15, -0.1) is 0 Å². The fourth-order valence-corrected chi connectivity index (χ4v) is 2.28. The van der Waals surface area contributed by atoms with Gasteiger partial charge in [-0.3, -0.25) is 4.68 Å². The zero-order valence-electron chi connectivity index (χ0n) is 12.5. The van der Waals surface area contributed by atoms with Crippen molar-refractivity contribution in [2.24, 2.45) is 12.8 Å². The molecule has 5 nitrogen and oxygen atoms in total. The molecular formula is C15H20ClN3O2. The highest BCUT2D eigenvalue weighted by atomic mass is 35.5. The van der Waals surface area contributed by atoms with Crippen LogP contribution in [0.1, 0.15) is 23.7 Å². The van der Waals surface area contributed by atoms with Crippen molar-refractivity contribution in [1.29, 1.82) is 0 Å². The number of nitrogens with two attached hydrogens (primary N) is 1. The fraction of sp³-hybridized carbons (Fsp3) is 0.400. The van der Waals surface area contributed by atoms with Crippen LogP contribution in [0.3, 0.4) is 0 Å². The maximum atomic E-state index is 6.20. The van der Waals surface area contributed by atoms with Gasteiger partial charge in [-0.05, 0) is 31.5 Å². The predicted octanol–water partition coefficient (Wildman–Crippen LogP) is 2.82. The van der Waals surface area contributed by atoms with Crippen LogP contribution in [-0.4, -0.2) is 16.4 Å². The molecule has 6 heteroatoms. The molecule has 0 fully saturated rings. The van der Waals surface area contributed by atoms with Gasteiger partial charge in [-0.2, -0.15) is 5.10 Å². The van der Waals surface area contributed by atoms with Gasteiger partial charge in [0.25, 0.3) is 0 Å². The minimum absolute atomic E-state index is 0.348. The van der Waals surface area contributed by atoms with E-state index in [4.69, 9.17) is 26.8 Å². The Morgan fingerprint density at radius 3 is 2.62 bits per heavy atom. The molecule has 2 N–H and O–H groups in total. The summed E-state index contributed by atoms with van der Waals surface area (Å²) in [5.41, 5.74) is 8.39. The Hall–Kier alpha value is -1.72. The summed E-state index contributed by atoms with van der Waals surface area (Å²) in [6.07, 6.45) is 0. The van der Waals surface area contributed by atoms with Crippen LogP contribution in [0.5, 0.6) is 11.5 Å². The average Bonchev–Trinajstić information content (AvgIpc) is 2.71. The van der Waals surface area contributed by atoms with E-state index in [-0.39, 0.29) is 0 Å². The number of aromatic nitrogens is 2. The lowest BCUT2D eigenvalue weighted by Crippen LogP contribution is -2.03. The van der Waals surface area contributed by atoms with E-state index in [1.807, 2.05) is 32.0 Å². The first-order valence-electron chi connectivity index (χ1n) is 6.83. The molecular weight excluding hydrogens is 290 g/mol. The molecule has 1 aromatic heterocycles. The van der Waals surface area contributed by atoms with Crippen molar-refractivity contribution in [3.8, 4) is 11.5 Å². The van der Waals surface area contributed by atoms with Gasteiger partial charge in [0.15, 0.2) is 11.5 Å². The number of rotatable bonds is 6. The molecule has 0 atom stereocenters. The molecule has 0 bridgehead atoms. The van der Waals surface area contributed by atoms with Crippen molar-refractivity contribution in [2.45, 2.75) is 27.0 Å². The molecule has 114 valence electrons. The second-order valence-corrected chi connectivity index (χ2v) is 5.04. The first kappa shape index (κ1) is 15.7. The zero-order chi connectivity index (χ0) is 15.4. The van der Waals surface area contributed by atoms with Crippen LogP contribution in [-0.2, 0) is 20.2 Å². The summed E-state index contributed by atoms with van der Waals surface area (Å²) in [5.74, 6) is 1.37. The normalized spacial score (nSPS) is 10.7. The Balaban J connectivity index is 2.19. The van der Waals surface area contributed by atoms with E-state index >= 15 is 0 Å². The Morgan fingerprint density at radius 1 is 1.29 bits per heavy atom. The summed E-state index contributed by atoms with van der Waals surface area (Å²) in [6.45, 7) is 5.22. The van der Waals surface area contributed by atoms with E-state index in [9.17, 15) is 0 Å². The quantitative estimate of drug-likeness (QED) is 0.891. The van der Waals surface area contributed by atoms with Crippen LogP contribution in [0.15, 0.2) is 18.2 Å². The minimum atomic E-state index is 0.348. The van der Waals surface area contributed by atoms with Crippen molar-refractivity contribution < 1.29 is 9.47 Å². The molecule has 2 rings (SSSR count). The SMILES string of the molecule is CCOc1cc(CN)ccc1OCc1c(C)nn(C)c1Cl. The summed E-state index contributed by atoms with van der Waals surface area (Å²) in [6, 6.07) is 5.69. The molecule has 0 saturated carbocycles. The van der Waals surface area contributed by atoms with Crippen molar-refractivity contribution in [1.82, 2.24) is 9.78 Å². The van der Waals surface area contributed by atoms with Gasteiger partial charge < -0.3 is 15.2 Å². The summed E-state index contributed by atoms with van der Waals surface area (Å²) in [4.78, 5) is 0. The van der Waals surface area contributed by atoms with Gasteiger partial charge in [0.1, 0.15) is 11.8 Å². The van der Waals surface area contributed by atoms with Crippen molar-refractivity contribution >= 4 is 11.6 Å². The monoisotopic (exact) mass is 309 g/mol. The van der Waals surface area contributed by atoms with Gasteiger partial charge in [-0.25, -0.2) is 0 Å². The molecule has 2 aromatic rings. The number of hydrogen-bond acceptors (Lipinski definition) is 4. The van der Waals surface area contributed by atoms with Crippen molar-refractivity contribution in [3.63, 3.8) is 0 Å². The number of benzene rings is 1. The topological polar surface area (TPSA) is 62.3 Å². The van der Waals surface area contributed by atoms with Crippen molar-refractivity contribution in [2.75, 3.05) is 6.61 Å². The zero-order valence-corrected chi connectivity index (χ0v) is 13.3. The highest BCUT2D eigenvalue weighted by Gasteiger charge is 2.13. The lowest BCUT2D eigenvalue weighted by molar-refractivity contribution is 0.268. The standard InChI is InChI=1S/C15H20ClN3O2/c1-4-20-14-7-11(8-17)5-6-13(14)21-9-12-10(2)18-19(3)15(12)16/h5-7H,4,8-9,17H2,1-3H3. The van der Waals surface area contributed by atoms with Crippen LogP contribution >= 0.6 is 11.6 Å². The molecule has 0 aliphatic heterocycles. The Bertz CT molecular complexity index is 626. The lowest BCUT2D eigenvalue weighted by Gasteiger charge is -2.13. The molecule has 0 saturated heterocycles. The van der Waals surface area contributed by atoms with Crippen LogP contribution in [0.2, 0.25) is 5.15 Å².